The number of benzene rings is 2. The molecule has 2 fully saturated rings. The lowest BCUT2D eigenvalue weighted by atomic mass is 10.0. The Balaban J connectivity index is 1.32. The Hall–Kier alpha value is -4.79. The molecule has 0 bridgehead atoms. The Kier molecular flexibility index (Phi) is 8.74. The molecule has 12 heteroatoms. The summed E-state index contributed by atoms with van der Waals surface area (Å²) >= 11 is 0. The predicted octanol–water partition coefficient (Wildman–Crippen LogP) is 5.44. The molecule has 2 unspecified atom stereocenters. The number of hydrogen-bond donors (Lipinski definition) is 1. The van der Waals surface area contributed by atoms with Crippen LogP contribution in [0.3, 0.4) is 0 Å². The summed E-state index contributed by atoms with van der Waals surface area (Å²) in [6.45, 7) is 10.7. The molecule has 6 rings (SSSR count). The second-order valence-electron chi connectivity index (χ2n) is 13.9. The van der Waals surface area contributed by atoms with E-state index < -0.39 is 23.3 Å². The first-order valence-corrected chi connectivity index (χ1v) is 16.3. The lowest BCUT2D eigenvalue weighted by molar-refractivity contribution is 0.00163. The lowest BCUT2D eigenvalue weighted by Gasteiger charge is -2.41. The fourth-order valence-corrected chi connectivity index (χ4v) is 7.01. The van der Waals surface area contributed by atoms with Crippen LogP contribution in [0.25, 0.3) is 10.8 Å². The third-order valence-electron chi connectivity index (χ3n) is 9.36. The number of carbonyl (C=O) groups is 2. The minimum atomic E-state index is -1.02. The molecule has 47 heavy (non-hydrogen) atoms. The number of nitriles is 1. The number of rotatable bonds is 6. The van der Waals surface area contributed by atoms with Crippen molar-refractivity contribution >= 4 is 34.5 Å². The molecule has 3 aromatic rings. The number of amides is 2. The van der Waals surface area contributed by atoms with E-state index in [4.69, 9.17) is 19.4 Å². The maximum atomic E-state index is 13.1. The summed E-state index contributed by atoms with van der Waals surface area (Å²) in [5.74, 6) is 0.719. The third-order valence-corrected chi connectivity index (χ3v) is 9.36. The standard InChI is InChI=1S/C35H43N7O5/c1-34(2,3)47-33(45)42-17-8-15-35(42,4)23-46-31-37-28-22-39(29-12-7-10-24-9-5-6-11-26(24)29)18-14-27(28)30(38-31)40-19-20-41(32(43)44)25(21-40)13-16-36/h5-7,9-12,25H,8,13-15,17-23H2,1-4H3,(H,43,44). The first-order chi connectivity index (χ1) is 22.5. The number of nitrogens with zero attached hydrogens (tertiary/aromatic N) is 7. The highest BCUT2D eigenvalue weighted by atomic mass is 16.6. The molecule has 3 aliphatic rings. The Morgan fingerprint density at radius 2 is 1.85 bits per heavy atom. The van der Waals surface area contributed by atoms with E-state index in [9.17, 15) is 20.0 Å². The van der Waals surface area contributed by atoms with Crippen molar-refractivity contribution in [3.05, 3.63) is 53.7 Å². The van der Waals surface area contributed by atoms with Crippen molar-refractivity contribution in [2.45, 2.75) is 77.1 Å². The highest BCUT2D eigenvalue weighted by Gasteiger charge is 2.43. The number of likely N-dealkylation sites (tertiary alicyclic amines) is 1. The summed E-state index contributed by atoms with van der Waals surface area (Å²) in [6.07, 6.45) is 0.991. The molecule has 0 saturated carbocycles. The quantitative estimate of drug-likeness (QED) is 0.371. The summed E-state index contributed by atoms with van der Waals surface area (Å²) < 4.78 is 12.1. The molecule has 1 N–H and O–H groups in total. The van der Waals surface area contributed by atoms with E-state index in [0.717, 1.165) is 42.1 Å². The van der Waals surface area contributed by atoms with Gasteiger partial charge in [0.25, 0.3) is 0 Å². The van der Waals surface area contributed by atoms with Gasteiger partial charge in [0, 0.05) is 49.4 Å². The average molecular weight is 642 g/mol. The van der Waals surface area contributed by atoms with Crippen LogP contribution in [-0.2, 0) is 17.7 Å². The number of hydrogen-bond acceptors (Lipinski definition) is 9. The normalized spacial score (nSPS) is 21.4. The Bertz CT molecular complexity index is 1700. The third kappa shape index (κ3) is 6.70. The van der Waals surface area contributed by atoms with Gasteiger partial charge in [0.15, 0.2) is 0 Å². The van der Waals surface area contributed by atoms with Gasteiger partial charge in [-0.15, -0.1) is 0 Å². The van der Waals surface area contributed by atoms with E-state index in [1.165, 1.54) is 15.7 Å². The zero-order chi connectivity index (χ0) is 33.3. The smallest absolute Gasteiger partial charge is 0.410 e. The molecule has 4 heterocycles. The van der Waals surface area contributed by atoms with Crippen molar-refractivity contribution in [1.82, 2.24) is 19.8 Å². The Labute approximate surface area is 275 Å². The van der Waals surface area contributed by atoms with E-state index in [-0.39, 0.29) is 31.7 Å². The van der Waals surface area contributed by atoms with Gasteiger partial charge in [0.1, 0.15) is 18.0 Å². The molecule has 12 nitrogen and oxygen atoms in total. The molecule has 0 aliphatic carbocycles. The number of anilines is 2. The minimum Gasteiger partial charge on any atom is -0.465 e. The molecule has 0 radical (unpaired) electrons. The van der Waals surface area contributed by atoms with Crippen LogP contribution >= 0.6 is 0 Å². The monoisotopic (exact) mass is 641 g/mol. The number of fused-ring (bicyclic) bond motifs is 2. The number of aromatic nitrogens is 2. The molecule has 2 aromatic carbocycles. The number of ether oxygens (including phenoxy) is 2. The second kappa shape index (κ2) is 12.8. The van der Waals surface area contributed by atoms with Crippen molar-refractivity contribution < 1.29 is 24.2 Å². The van der Waals surface area contributed by atoms with Crippen LogP contribution in [0, 0.1) is 11.3 Å². The summed E-state index contributed by atoms with van der Waals surface area (Å²) in [7, 11) is 0. The van der Waals surface area contributed by atoms with Gasteiger partial charge in [-0.1, -0.05) is 36.4 Å². The minimum absolute atomic E-state index is 0.0904. The molecule has 2 amide bonds. The van der Waals surface area contributed by atoms with E-state index in [1.54, 1.807) is 4.90 Å². The van der Waals surface area contributed by atoms with Gasteiger partial charge in [-0.25, -0.2) is 9.59 Å². The summed E-state index contributed by atoms with van der Waals surface area (Å²) in [5, 5.41) is 21.6. The van der Waals surface area contributed by atoms with E-state index in [2.05, 4.69) is 52.3 Å². The first-order valence-electron chi connectivity index (χ1n) is 16.3. The molecule has 1 aromatic heterocycles. The van der Waals surface area contributed by atoms with Crippen LogP contribution in [0.4, 0.5) is 21.1 Å². The summed E-state index contributed by atoms with van der Waals surface area (Å²) in [4.78, 5) is 42.4. The zero-order valence-corrected chi connectivity index (χ0v) is 27.6. The summed E-state index contributed by atoms with van der Waals surface area (Å²) in [5.41, 5.74) is 1.79. The maximum Gasteiger partial charge on any atom is 0.410 e. The van der Waals surface area contributed by atoms with Crippen LogP contribution in [-0.4, -0.2) is 93.6 Å². The SMILES string of the molecule is CC(C)(C)OC(=O)N1CCCC1(C)COc1nc2c(c(N3CCN(C(=O)O)C(CC#N)C3)n1)CCN(c1cccc3ccccc13)C2. The van der Waals surface area contributed by atoms with E-state index >= 15 is 0 Å². The zero-order valence-electron chi connectivity index (χ0n) is 27.6. The first kappa shape index (κ1) is 32.2. The molecular weight excluding hydrogens is 598 g/mol. The van der Waals surface area contributed by atoms with Gasteiger partial charge in [0.2, 0.25) is 0 Å². The van der Waals surface area contributed by atoms with Crippen molar-refractivity contribution in [2.75, 3.05) is 49.1 Å². The van der Waals surface area contributed by atoms with Crippen molar-refractivity contribution in [2.24, 2.45) is 0 Å². The highest BCUT2D eigenvalue weighted by molar-refractivity contribution is 5.94. The van der Waals surface area contributed by atoms with Gasteiger partial charge in [-0.2, -0.15) is 15.2 Å². The lowest BCUT2D eigenvalue weighted by Crippen LogP contribution is -2.55. The van der Waals surface area contributed by atoms with Crippen LogP contribution < -0.4 is 14.5 Å². The van der Waals surface area contributed by atoms with Crippen LogP contribution in [0.2, 0.25) is 0 Å². The number of carbonyl (C=O) groups excluding carboxylic acids is 1. The van der Waals surface area contributed by atoms with Gasteiger partial charge in [0.05, 0.1) is 36.3 Å². The van der Waals surface area contributed by atoms with Gasteiger partial charge >= 0.3 is 18.2 Å². The van der Waals surface area contributed by atoms with Crippen LogP contribution in [0.15, 0.2) is 42.5 Å². The fourth-order valence-electron chi connectivity index (χ4n) is 7.01. The largest absolute Gasteiger partial charge is 0.465 e. The van der Waals surface area contributed by atoms with Crippen molar-refractivity contribution in [3.63, 3.8) is 0 Å². The fraction of sp³-hybridized carbons (Fsp3) is 0.514. The summed E-state index contributed by atoms with van der Waals surface area (Å²) in [6, 6.07) is 16.6. The second-order valence-corrected chi connectivity index (χ2v) is 13.9. The van der Waals surface area contributed by atoms with E-state index in [1.807, 2.05) is 33.8 Å². The highest BCUT2D eigenvalue weighted by Crippen LogP contribution is 2.36. The molecule has 3 aliphatic heterocycles. The van der Waals surface area contributed by atoms with Gasteiger partial charge in [-0.05, 0) is 58.4 Å². The van der Waals surface area contributed by atoms with Crippen molar-refractivity contribution in [3.8, 4) is 12.1 Å². The molecule has 2 atom stereocenters. The van der Waals surface area contributed by atoms with Gasteiger partial charge in [-0.3, -0.25) is 4.90 Å². The van der Waals surface area contributed by atoms with Gasteiger partial charge < -0.3 is 29.3 Å². The average Bonchev–Trinajstić information content (AvgIpc) is 3.43. The van der Waals surface area contributed by atoms with Crippen molar-refractivity contribution in [1.29, 1.82) is 5.26 Å². The number of piperazine rings is 1. The van der Waals surface area contributed by atoms with Crippen LogP contribution in [0.5, 0.6) is 6.01 Å². The Morgan fingerprint density at radius 1 is 1.06 bits per heavy atom. The number of carboxylic acid groups (broad SMARTS) is 1. The topological polar surface area (TPSA) is 135 Å². The molecule has 2 saturated heterocycles. The maximum absolute atomic E-state index is 13.1. The van der Waals surface area contributed by atoms with Crippen LogP contribution in [0.1, 0.15) is 58.2 Å². The molecular formula is C35H43N7O5. The Morgan fingerprint density at radius 3 is 2.62 bits per heavy atom. The molecule has 248 valence electrons. The molecule has 0 spiro atoms. The predicted molar refractivity (Wildman–Crippen MR) is 178 cm³/mol. The van der Waals surface area contributed by atoms with E-state index in [0.29, 0.717) is 32.6 Å².